The number of carbonyl (C=O) groups excluding carboxylic acids is 1. The molecule has 35 heavy (non-hydrogen) atoms. The van der Waals surface area contributed by atoms with Gasteiger partial charge in [0.2, 0.25) is 0 Å². The lowest BCUT2D eigenvalue weighted by molar-refractivity contribution is -0.384. The fraction of sp³-hybridized carbons (Fsp3) is 0.0769. The number of nitrogens with zero attached hydrogens (tertiary/aromatic N) is 2. The fourth-order valence-corrected chi connectivity index (χ4v) is 3.79. The van der Waals surface area contributed by atoms with Crippen LogP contribution in [0.3, 0.4) is 0 Å². The predicted octanol–water partition coefficient (Wildman–Crippen LogP) is 5.75. The minimum atomic E-state index is -0.585. The van der Waals surface area contributed by atoms with Gasteiger partial charge in [-0.3, -0.25) is 14.9 Å². The lowest BCUT2D eigenvalue weighted by Gasteiger charge is -2.14. The fourth-order valence-electron chi connectivity index (χ4n) is 3.51. The number of ether oxygens (including phenoxy) is 2. The lowest BCUT2D eigenvalue weighted by atomic mass is 10.1. The summed E-state index contributed by atoms with van der Waals surface area (Å²) in [7, 11) is 1.50. The molecule has 4 rings (SSSR count). The van der Waals surface area contributed by atoms with E-state index in [4.69, 9.17) is 21.1 Å². The Morgan fingerprint density at radius 1 is 1.09 bits per heavy atom. The van der Waals surface area contributed by atoms with Gasteiger partial charge in [0.25, 0.3) is 11.6 Å². The predicted molar refractivity (Wildman–Crippen MR) is 134 cm³/mol. The molecule has 0 unspecified atom stereocenters. The smallest absolute Gasteiger partial charge is 0.271 e. The molecule has 0 aromatic heterocycles. The number of hydrogen-bond acceptors (Lipinski definition) is 6. The van der Waals surface area contributed by atoms with E-state index in [1.807, 2.05) is 42.5 Å². The van der Waals surface area contributed by atoms with Crippen LogP contribution in [0.5, 0.6) is 11.5 Å². The van der Waals surface area contributed by atoms with Gasteiger partial charge < -0.3 is 9.47 Å². The van der Waals surface area contributed by atoms with Crippen molar-refractivity contribution < 1.29 is 19.2 Å². The molecule has 4 aromatic rings. The van der Waals surface area contributed by atoms with E-state index < -0.39 is 10.8 Å². The van der Waals surface area contributed by atoms with E-state index in [0.717, 1.165) is 16.3 Å². The summed E-state index contributed by atoms with van der Waals surface area (Å²) in [6.07, 6.45) is 1.39. The van der Waals surface area contributed by atoms with E-state index in [9.17, 15) is 14.9 Å². The molecule has 8 nitrogen and oxygen atoms in total. The van der Waals surface area contributed by atoms with Gasteiger partial charge >= 0.3 is 0 Å². The first-order valence-electron chi connectivity index (χ1n) is 10.5. The third-order valence-corrected chi connectivity index (χ3v) is 5.48. The number of methoxy groups -OCH3 is 1. The monoisotopic (exact) mass is 489 g/mol. The lowest BCUT2D eigenvalue weighted by Crippen LogP contribution is -2.17. The van der Waals surface area contributed by atoms with Crippen LogP contribution in [0.2, 0.25) is 5.02 Å². The maximum absolute atomic E-state index is 12.2. The number of nitrogens with one attached hydrogen (secondary N) is 1. The highest BCUT2D eigenvalue weighted by Gasteiger charge is 2.14. The van der Waals surface area contributed by atoms with Crippen LogP contribution in [0.25, 0.3) is 10.8 Å². The summed E-state index contributed by atoms with van der Waals surface area (Å²) in [6.45, 7) is 0.296. The van der Waals surface area contributed by atoms with Crippen LogP contribution in [0, 0.1) is 10.1 Å². The summed E-state index contributed by atoms with van der Waals surface area (Å²) < 4.78 is 11.5. The largest absolute Gasteiger partial charge is 0.493 e. The molecule has 0 aliphatic carbocycles. The van der Waals surface area contributed by atoms with Gasteiger partial charge in [-0.05, 0) is 40.1 Å². The highest BCUT2D eigenvalue weighted by Crippen LogP contribution is 2.37. The van der Waals surface area contributed by atoms with Crippen molar-refractivity contribution in [3.8, 4) is 11.5 Å². The van der Waals surface area contributed by atoms with Crippen LogP contribution < -0.4 is 14.9 Å². The maximum Gasteiger partial charge on any atom is 0.271 e. The molecule has 0 fully saturated rings. The second-order valence-electron chi connectivity index (χ2n) is 7.47. The van der Waals surface area contributed by atoms with E-state index in [1.54, 1.807) is 12.1 Å². The summed E-state index contributed by atoms with van der Waals surface area (Å²) >= 11 is 6.46. The highest BCUT2D eigenvalue weighted by atomic mass is 35.5. The molecule has 0 aliphatic rings. The van der Waals surface area contributed by atoms with Gasteiger partial charge in [0.1, 0.15) is 6.61 Å². The molecule has 0 spiro atoms. The standard InChI is InChI=1S/C26H20ClN3O5/c1-34-24-13-17(15-28-29-26(31)19-8-5-10-21(14-19)30(32)33)12-23(27)25(24)35-16-20-9-4-7-18-6-2-3-11-22(18)20/h2-15H,16H2,1H3,(H,29,31)/b28-15-. The SMILES string of the molecule is COc1cc(/C=N\NC(=O)c2cccc([N+](=O)[O-])c2)cc(Cl)c1OCc1cccc2ccccc12. The van der Waals surface area contributed by atoms with Crippen molar-refractivity contribution >= 4 is 40.2 Å². The number of hydrogen-bond donors (Lipinski definition) is 1. The summed E-state index contributed by atoms with van der Waals surface area (Å²) in [5.74, 6) is 0.210. The zero-order chi connectivity index (χ0) is 24.8. The number of carbonyl (C=O) groups is 1. The van der Waals surface area contributed by atoms with Crippen LogP contribution in [0.1, 0.15) is 21.5 Å². The molecule has 176 valence electrons. The van der Waals surface area contributed by atoms with Crippen molar-refractivity contribution in [2.75, 3.05) is 7.11 Å². The number of rotatable bonds is 8. The minimum Gasteiger partial charge on any atom is -0.493 e. The van der Waals surface area contributed by atoms with Crippen LogP contribution in [-0.4, -0.2) is 24.2 Å². The van der Waals surface area contributed by atoms with Gasteiger partial charge in [-0.15, -0.1) is 0 Å². The van der Waals surface area contributed by atoms with Crippen molar-refractivity contribution in [2.24, 2.45) is 5.10 Å². The quantitative estimate of drug-likeness (QED) is 0.193. The normalized spacial score (nSPS) is 10.9. The van der Waals surface area contributed by atoms with Crippen LogP contribution in [0.15, 0.2) is 84.0 Å². The molecule has 1 amide bonds. The summed E-state index contributed by atoms with van der Waals surface area (Å²) in [6, 6.07) is 22.7. The van der Waals surface area contributed by atoms with E-state index in [1.165, 1.54) is 37.6 Å². The van der Waals surface area contributed by atoms with E-state index in [0.29, 0.717) is 28.7 Å². The molecule has 0 bridgehead atoms. The van der Waals surface area contributed by atoms with Crippen molar-refractivity contribution in [3.63, 3.8) is 0 Å². The van der Waals surface area contributed by atoms with Crippen molar-refractivity contribution in [1.82, 2.24) is 5.43 Å². The summed E-state index contributed by atoms with van der Waals surface area (Å²) in [4.78, 5) is 22.6. The number of amides is 1. The number of nitro groups is 1. The molecule has 0 heterocycles. The van der Waals surface area contributed by atoms with Gasteiger partial charge in [-0.25, -0.2) is 5.43 Å². The Hall–Kier alpha value is -4.43. The van der Waals surface area contributed by atoms with E-state index in [2.05, 4.69) is 10.5 Å². The molecule has 4 aromatic carbocycles. The Bertz CT molecular complexity index is 1430. The van der Waals surface area contributed by atoms with Crippen molar-refractivity contribution in [1.29, 1.82) is 0 Å². The molecule has 0 atom stereocenters. The first kappa shape index (κ1) is 23.7. The maximum atomic E-state index is 12.2. The number of nitro benzene ring substituents is 1. The molecule has 0 saturated heterocycles. The zero-order valence-electron chi connectivity index (χ0n) is 18.6. The topological polar surface area (TPSA) is 103 Å². The Kier molecular flexibility index (Phi) is 7.23. The Labute approximate surface area is 205 Å². The summed E-state index contributed by atoms with van der Waals surface area (Å²) in [5, 5.41) is 17.3. The Balaban J connectivity index is 1.47. The average Bonchev–Trinajstić information content (AvgIpc) is 2.87. The molecule has 9 heteroatoms. The van der Waals surface area contributed by atoms with Gasteiger partial charge in [0.05, 0.1) is 23.3 Å². The minimum absolute atomic E-state index is 0.115. The molecular weight excluding hydrogens is 470 g/mol. The Morgan fingerprint density at radius 2 is 1.86 bits per heavy atom. The van der Waals surface area contributed by atoms with E-state index >= 15 is 0 Å². The second kappa shape index (κ2) is 10.7. The van der Waals surface area contributed by atoms with E-state index in [-0.39, 0.29) is 11.3 Å². The molecule has 0 aliphatic heterocycles. The molecular formula is C26H20ClN3O5. The third-order valence-electron chi connectivity index (χ3n) is 5.20. The first-order chi connectivity index (χ1) is 17.0. The van der Waals surface area contributed by atoms with Crippen LogP contribution in [0.4, 0.5) is 5.69 Å². The number of fused-ring (bicyclic) bond motifs is 1. The molecule has 1 N–H and O–H groups in total. The van der Waals surface area contributed by atoms with Crippen LogP contribution in [-0.2, 0) is 6.61 Å². The zero-order valence-corrected chi connectivity index (χ0v) is 19.4. The molecule has 0 saturated carbocycles. The summed E-state index contributed by atoms with van der Waals surface area (Å²) in [5.41, 5.74) is 3.84. The number of benzene rings is 4. The van der Waals surface area contributed by atoms with Gasteiger partial charge in [-0.1, -0.05) is 60.1 Å². The number of non-ortho nitro benzene ring substituents is 1. The second-order valence-corrected chi connectivity index (χ2v) is 7.87. The Morgan fingerprint density at radius 3 is 2.66 bits per heavy atom. The molecule has 0 radical (unpaired) electrons. The van der Waals surface area contributed by atoms with Gasteiger partial charge in [0, 0.05) is 17.7 Å². The van der Waals surface area contributed by atoms with Crippen LogP contribution >= 0.6 is 11.6 Å². The van der Waals surface area contributed by atoms with Crippen molar-refractivity contribution in [2.45, 2.75) is 6.61 Å². The highest BCUT2D eigenvalue weighted by molar-refractivity contribution is 6.32. The van der Waals surface area contributed by atoms with Crippen molar-refractivity contribution in [3.05, 3.63) is 111 Å². The first-order valence-corrected chi connectivity index (χ1v) is 10.9. The number of halogens is 1. The number of hydrazone groups is 1. The third kappa shape index (κ3) is 5.56. The van der Waals surface area contributed by atoms with Gasteiger partial charge in [0.15, 0.2) is 11.5 Å². The average molecular weight is 490 g/mol. The van der Waals surface area contributed by atoms with Gasteiger partial charge in [-0.2, -0.15) is 5.10 Å².